The molecule has 48 heavy (non-hydrogen) atoms. The molecule has 2 aromatic heterocycles. The molecule has 2 aliphatic heterocycles. The minimum atomic E-state index is -4.82. The molecular weight excluding hydrogens is 629 g/mol. The van der Waals surface area contributed by atoms with Gasteiger partial charge < -0.3 is 29.5 Å². The average Bonchev–Trinajstić information content (AvgIpc) is 3.69. The summed E-state index contributed by atoms with van der Waals surface area (Å²) in [4.78, 5) is 22.2. The van der Waals surface area contributed by atoms with Crippen molar-refractivity contribution in [2.45, 2.75) is 51.4 Å². The highest BCUT2D eigenvalue weighted by Gasteiger charge is 2.46. The lowest BCUT2D eigenvalue weighted by atomic mass is 9.76. The van der Waals surface area contributed by atoms with Crippen molar-refractivity contribution < 1.29 is 37.3 Å². The zero-order valence-electron chi connectivity index (χ0n) is 27.0. The van der Waals surface area contributed by atoms with E-state index in [0.29, 0.717) is 60.2 Å². The summed E-state index contributed by atoms with van der Waals surface area (Å²) in [6.07, 6.45) is -3.59. The van der Waals surface area contributed by atoms with Crippen molar-refractivity contribution in [2.24, 2.45) is 5.41 Å². The number of aliphatic carboxylic acids is 1. The first kappa shape index (κ1) is 33.1. The molecule has 2 fully saturated rings. The standard InChI is InChI=1S/C34H37F3N6O5/c1-20-9-12-43(41-20)27-15-22(24-8-6-23(46-3)16-28(24)47-4)5-7-25(27)31(34(35,36)37)48-30-17-29(39-21(2)40-30)42-13-10-33(11-14-42)18-26(32(44)45)38-19-33/h5-9,12,15-17,26,31,38H,10-11,13-14,18-19H2,1-4H3,(H,44,45)/t26-,31?/m0/s1. The van der Waals surface area contributed by atoms with Crippen LogP contribution >= 0.6 is 0 Å². The van der Waals surface area contributed by atoms with Crippen LogP contribution in [0.1, 0.15) is 42.4 Å². The summed E-state index contributed by atoms with van der Waals surface area (Å²) in [6, 6.07) is 12.4. The van der Waals surface area contributed by atoms with Crippen LogP contribution in [0.2, 0.25) is 0 Å². The summed E-state index contributed by atoms with van der Waals surface area (Å²) in [5.74, 6) is 0.721. The number of rotatable bonds is 9. The van der Waals surface area contributed by atoms with E-state index in [4.69, 9.17) is 14.2 Å². The summed E-state index contributed by atoms with van der Waals surface area (Å²) >= 11 is 0. The van der Waals surface area contributed by atoms with E-state index >= 15 is 0 Å². The molecule has 2 saturated heterocycles. The van der Waals surface area contributed by atoms with E-state index in [2.05, 4.69) is 20.4 Å². The maximum atomic E-state index is 14.9. The largest absolute Gasteiger partial charge is 0.497 e. The van der Waals surface area contributed by atoms with Gasteiger partial charge in [0.15, 0.2) is 0 Å². The first-order valence-electron chi connectivity index (χ1n) is 15.6. The van der Waals surface area contributed by atoms with Crippen LogP contribution in [0.5, 0.6) is 17.4 Å². The van der Waals surface area contributed by atoms with Gasteiger partial charge in [-0.1, -0.05) is 12.1 Å². The number of aromatic nitrogens is 4. The molecule has 11 nitrogen and oxygen atoms in total. The van der Waals surface area contributed by atoms with Crippen LogP contribution in [-0.2, 0) is 4.79 Å². The number of nitrogens with zero attached hydrogens (tertiary/aromatic N) is 5. The number of carboxylic acids is 1. The third-order valence-electron chi connectivity index (χ3n) is 9.15. The maximum absolute atomic E-state index is 14.9. The van der Waals surface area contributed by atoms with Crippen molar-refractivity contribution in [2.75, 3.05) is 38.8 Å². The Morgan fingerprint density at radius 3 is 2.44 bits per heavy atom. The highest BCUT2D eigenvalue weighted by atomic mass is 19.4. The normalized spacial score (nSPS) is 18.1. The van der Waals surface area contributed by atoms with Gasteiger partial charge in [0.05, 0.1) is 25.6 Å². The number of hydrogen-bond donors (Lipinski definition) is 2. The third kappa shape index (κ3) is 6.75. The van der Waals surface area contributed by atoms with Crippen molar-refractivity contribution >= 4 is 11.8 Å². The Morgan fingerprint density at radius 1 is 1.04 bits per heavy atom. The first-order valence-corrected chi connectivity index (χ1v) is 15.6. The van der Waals surface area contributed by atoms with Crippen LogP contribution in [0.15, 0.2) is 54.7 Å². The number of anilines is 1. The average molecular weight is 667 g/mol. The predicted octanol–water partition coefficient (Wildman–Crippen LogP) is 5.68. The van der Waals surface area contributed by atoms with E-state index in [9.17, 15) is 23.1 Å². The molecular formula is C34H37F3N6O5. The van der Waals surface area contributed by atoms with Gasteiger partial charge in [-0.15, -0.1) is 0 Å². The van der Waals surface area contributed by atoms with Gasteiger partial charge in [-0.05, 0) is 68.4 Å². The van der Waals surface area contributed by atoms with E-state index in [-0.39, 0.29) is 28.4 Å². The molecule has 0 radical (unpaired) electrons. The summed E-state index contributed by atoms with van der Waals surface area (Å²) < 4.78 is 62.8. The molecule has 2 N–H and O–H groups in total. The van der Waals surface area contributed by atoms with Crippen molar-refractivity contribution in [3.8, 4) is 34.2 Å². The van der Waals surface area contributed by atoms with Crippen LogP contribution in [0.4, 0.5) is 19.0 Å². The highest BCUT2D eigenvalue weighted by Crippen LogP contribution is 2.43. The number of benzene rings is 2. The number of piperidine rings is 1. The van der Waals surface area contributed by atoms with Crippen LogP contribution in [0.25, 0.3) is 16.8 Å². The lowest BCUT2D eigenvalue weighted by Gasteiger charge is -2.39. The Kier molecular flexibility index (Phi) is 8.94. The number of methoxy groups -OCH3 is 2. The molecule has 0 aliphatic carbocycles. The second-order valence-corrected chi connectivity index (χ2v) is 12.4. The first-order chi connectivity index (χ1) is 22.9. The number of aryl methyl sites for hydroxylation is 2. The summed E-state index contributed by atoms with van der Waals surface area (Å²) in [5.41, 5.74) is 1.79. The molecule has 4 heterocycles. The number of alkyl halides is 3. The van der Waals surface area contributed by atoms with E-state index < -0.39 is 24.3 Å². The SMILES string of the molecule is COc1ccc(-c2ccc(C(Oc3cc(N4CCC5(CC4)CN[C@H](C(=O)O)C5)nc(C)n3)C(F)(F)F)c(-n3ccc(C)n3)c2)c(OC)c1. The third-order valence-corrected chi connectivity index (χ3v) is 9.15. The minimum absolute atomic E-state index is 0.133. The fourth-order valence-electron chi connectivity index (χ4n) is 6.58. The molecule has 2 atom stereocenters. The van der Waals surface area contributed by atoms with Gasteiger partial charge >= 0.3 is 12.1 Å². The lowest BCUT2D eigenvalue weighted by Crippen LogP contribution is -2.41. The van der Waals surface area contributed by atoms with Gasteiger partial charge in [0.1, 0.15) is 29.2 Å². The fourth-order valence-corrected chi connectivity index (χ4v) is 6.58. The van der Waals surface area contributed by atoms with Crippen molar-refractivity contribution in [1.82, 2.24) is 25.1 Å². The van der Waals surface area contributed by atoms with Crippen molar-refractivity contribution in [3.63, 3.8) is 0 Å². The molecule has 2 aliphatic rings. The zero-order chi connectivity index (χ0) is 34.2. The number of ether oxygens (including phenoxy) is 3. The molecule has 0 saturated carbocycles. The molecule has 6 rings (SSSR count). The number of carbonyl (C=O) groups is 1. The van der Waals surface area contributed by atoms with Crippen LogP contribution in [0.3, 0.4) is 0 Å². The lowest BCUT2D eigenvalue weighted by molar-refractivity contribution is -0.198. The Balaban J connectivity index is 1.32. The second kappa shape index (κ2) is 13.0. The molecule has 14 heteroatoms. The van der Waals surface area contributed by atoms with Crippen molar-refractivity contribution in [1.29, 1.82) is 0 Å². The van der Waals surface area contributed by atoms with E-state index in [1.807, 2.05) is 4.90 Å². The summed E-state index contributed by atoms with van der Waals surface area (Å²) in [6.45, 7) is 5.13. The number of nitrogens with one attached hydrogen (secondary N) is 1. The molecule has 0 bridgehead atoms. The minimum Gasteiger partial charge on any atom is -0.497 e. The van der Waals surface area contributed by atoms with E-state index in [1.165, 1.54) is 31.0 Å². The van der Waals surface area contributed by atoms with Gasteiger partial charge in [-0.25, -0.2) is 9.67 Å². The summed E-state index contributed by atoms with van der Waals surface area (Å²) in [7, 11) is 3.05. The molecule has 4 aromatic rings. The molecule has 254 valence electrons. The van der Waals surface area contributed by atoms with Gasteiger partial charge in [0, 0.05) is 49.1 Å². The van der Waals surface area contributed by atoms with Gasteiger partial charge in [-0.2, -0.15) is 23.3 Å². The second-order valence-electron chi connectivity index (χ2n) is 12.4. The van der Waals surface area contributed by atoms with Gasteiger partial charge in [-0.3, -0.25) is 4.79 Å². The quantitative estimate of drug-likeness (QED) is 0.231. The molecule has 1 unspecified atom stereocenters. The van der Waals surface area contributed by atoms with Gasteiger partial charge in [0.2, 0.25) is 12.0 Å². The monoisotopic (exact) mass is 666 g/mol. The Hall–Kier alpha value is -4.85. The van der Waals surface area contributed by atoms with Crippen LogP contribution < -0.4 is 24.4 Å². The number of halogens is 3. The van der Waals surface area contributed by atoms with E-state index in [1.54, 1.807) is 56.4 Å². The topological polar surface area (TPSA) is 124 Å². The zero-order valence-corrected chi connectivity index (χ0v) is 27.0. The molecule has 1 spiro atoms. The Bertz CT molecular complexity index is 1800. The highest BCUT2D eigenvalue weighted by molar-refractivity contribution is 5.75. The number of hydrogen-bond acceptors (Lipinski definition) is 9. The number of carboxylic acid groups (broad SMARTS) is 1. The molecule has 2 aromatic carbocycles. The Labute approximate surface area is 275 Å². The summed E-state index contributed by atoms with van der Waals surface area (Å²) in [5, 5.41) is 16.9. The maximum Gasteiger partial charge on any atom is 0.429 e. The fraction of sp³-hybridized carbons (Fsp3) is 0.412. The molecule has 0 amide bonds. The van der Waals surface area contributed by atoms with Crippen LogP contribution in [-0.4, -0.2) is 76.9 Å². The van der Waals surface area contributed by atoms with E-state index in [0.717, 1.165) is 12.8 Å². The van der Waals surface area contributed by atoms with Gasteiger partial charge in [0.25, 0.3) is 0 Å². The Morgan fingerprint density at radius 2 is 1.81 bits per heavy atom. The predicted molar refractivity (Wildman–Crippen MR) is 171 cm³/mol. The van der Waals surface area contributed by atoms with Crippen LogP contribution in [0, 0.1) is 19.3 Å². The smallest absolute Gasteiger partial charge is 0.429 e. The van der Waals surface area contributed by atoms with Crippen molar-refractivity contribution in [3.05, 3.63) is 71.8 Å².